The van der Waals surface area contributed by atoms with Crippen LogP contribution in [0.1, 0.15) is 0 Å². The molecule has 0 N–H and O–H groups in total. The molecule has 0 amide bonds. The number of hydrogen-bond acceptors (Lipinski definition) is 9. The van der Waals surface area contributed by atoms with E-state index < -0.39 is 46.2 Å². The van der Waals surface area contributed by atoms with Crippen molar-refractivity contribution in [1.82, 2.24) is 0 Å². The fourth-order valence-electron chi connectivity index (χ4n) is 0. The normalized spacial score (nSPS) is 5.77. The Kier molecular flexibility index (Phi) is 36.0. The van der Waals surface area contributed by atoms with E-state index in [1.165, 1.54) is 0 Å². The fourth-order valence-corrected chi connectivity index (χ4v) is 0. The summed E-state index contributed by atoms with van der Waals surface area (Å²) in [7, 11) is 0. The van der Waals surface area contributed by atoms with Crippen molar-refractivity contribution in [2.45, 2.75) is 0 Å². The van der Waals surface area contributed by atoms with Crippen molar-refractivity contribution in [1.29, 1.82) is 0 Å². The van der Waals surface area contributed by atoms with Crippen molar-refractivity contribution < 1.29 is 121 Å². The summed E-state index contributed by atoms with van der Waals surface area (Å²) in [6.45, 7) is 0. The van der Waals surface area contributed by atoms with Crippen molar-refractivity contribution >= 4 is 0 Å². The SMILES string of the molecule is [Nd+3].[O]=[V](=[O])[O-].[O]=[V](=[O])[O-].[O]=[V](=[O])[O-]. The third kappa shape index (κ3) is 601. The average molecular weight is 441 g/mol. The summed E-state index contributed by atoms with van der Waals surface area (Å²) >= 11 is -11.8. The van der Waals surface area contributed by atoms with Crippen LogP contribution < -0.4 is 12.1 Å². The van der Waals surface area contributed by atoms with E-state index in [2.05, 4.69) is 0 Å². The summed E-state index contributed by atoms with van der Waals surface area (Å²) in [4.78, 5) is 0. The Labute approximate surface area is 119 Å². The molecule has 0 fully saturated rings. The van der Waals surface area contributed by atoms with Crippen LogP contribution in [0.2, 0.25) is 0 Å². The van der Waals surface area contributed by atoms with E-state index >= 15 is 0 Å². The Balaban J connectivity index is -0.0000000450. The third-order valence-electron chi connectivity index (χ3n) is 0. The standard InChI is InChI=1S/Nd.9O.3V/q+3;;;;;;;3*-1;;;. The molecule has 73 valence electrons. The van der Waals surface area contributed by atoms with Crippen LogP contribution in [0.15, 0.2) is 0 Å². The van der Waals surface area contributed by atoms with E-state index in [0.29, 0.717) is 0 Å². The first-order valence-corrected chi connectivity index (χ1v) is 6.77. The summed E-state index contributed by atoms with van der Waals surface area (Å²) in [6.07, 6.45) is 0. The van der Waals surface area contributed by atoms with Gasteiger partial charge in [-0.25, -0.2) is 0 Å². The molecule has 0 saturated carbocycles. The monoisotopic (exact) mass is 439 g/mol. The quantitative estimate of drug-likeness (QED) is 0.361. The zero-order chi connectivity index (χ0) is 10.7. The molecule has 0 aromatic heterocycles. The van der Waals surface area contributed by atoms with E-state index in [0.717, 1.165) is 0 Å². The van der Waals surface area contributed by atoms with Gasteiger partial charge in [-0.15, -0.1) is 0 Å². The minimum absolute atomic E-state index is 0. The molecule has 0 aromatic carbocycles. The van der Waals surface area contributed by atoms with Crippen LogP contribution in [-0.2, 0) is 68.2 Å². The summed E-state index contributed by atoms with van der Waals surface area (Å²) in [6, 6.07) is 0. The van der Waals surface area contributed by atoms with Crippen molar-refractivity contribution in [3.05, 3.63) is 0 Å². The zero-order valence-corrected chi connectivity index (χ0v) is 12.9. The molecule has 1 radical (unpaired) electrons. The second-order valence-corrected chi connectivity index (χ2v) is 2.77. The molecule has 0 bridgehead atoms. The Morgan fingerprint density at radius 2 is 0.538 bits per heavy atom. The van der Waals surface area contributed by atoms with Gasteiger partial charge in [0.15, 0.2) is 0 Å². The van der Waals surface area contributed by atoms with Gasteiger partial charge in [-0.1, -0.05) is 0 Å². The van der Waals surface area contributed by atoms with E-state index in [4.69, 9.17) is 34.1 Å². The topological polar surface area (TPSA) is 172 Å². The number of rotatable bonds is 0. The van der Waals surface area contributed by atoms with Gasteiger partial charge in [0.2, 0.25) is 0 Å². The van der Waals surface area contributed by atoms with E-state index in [1.54, 1.807) is 0 Å². The first-order valence-electron chi connectivity index (χ1n) is 1.64. The summed E-state index contributed by atoms with van der Waals surface area (Å²) in [5.74, 6) is 0. The molecule has 13 heteroatoms. The van der Waals surface area contributed by atoms with Crippen LogP contribution in [-0.4, -0.2) is 0 Å². The molecule has 0 aliphatic rings. The molecule has 0 aliphatic carbocycles. The molecular weight excluding hydrogens is 441 g/mol. The molecule has 0 heterocycles. The molecule has 0 rings (SSSR count). The molecule has 0 aliphatic heterocycles. The fraction of sp³-hybridized carbons (Fsp3) is 0. The van der Waals surface area contributed by atoms with Gasteiger partial charge in [0, 0.05) is 0 Å². The van der Waals surface area contributed by atoms with E-state index in [1.807, 2.05) is 0 Å². The maximum atomic E-state index is 8.56. The summed E-state index contributed by atoms with van der Waals surface area (Å²) in [5.41, 5.74) is 0. The third-order valence-corrected chi connectivity index (χ3v) is 0. The van der Waals surface area contributed by atoms with Gasteiger partial charge < -0.3 is 0 Å². The second-order valence-electron chi connectivity index (χ2n) is 0.671. The Bertz CT molecular complexity index is 208. The van der Waals surface area contributed by atoms with Gasteiger partial charge in [-0.2, -0.15) is 0 Å². The van der Waals surface area contributed by atoms with Gasteiger partial charge in [-0.3, -0.25) is 0 Å². The van der Waals surface area contributed by atoms with Crippen molar-refractivity contribution in [3.8, 4) is 0 Å². The molecule has 0 aromatic rings. The molecule has 0 saturated heterocycles. The first-order chi connectivity index (χ1) is 5.20. The summed E-state index contributed by atoms with van der Waals surface area (Å²) < 4.78 is 77.1. The van der Waals surface area contributed by atoms with Gasteiger partial charge in [0.05, 0.1) is 0 Å². The second kappa shape index (κ2) is 19.4. The van der Waals surface area contributed by atoms with Crippen LogP contribution in [0.4, 0.5) is 0 Å². The molecule has 13 heavy (non-hydrogen) atoms. The Morgan fingerprint density at radius 1 is 0.538 bits per heavy atom. The molecule has 0 atom stereocenters. The van der Waals surface area contributed by atoms with Gasteiger partial charge >= 0.3 is 121 Å². The predicted octanol–water partition coefficient (Wildman–Crippen LogP) is -4.29. The summed E-state index contributed by atoms with van der Waals surface area (Å²) in [5, 5.41) is 0. The van der Waals surface area contributed by atoms with Crippen LogP contribution in [0.3, 0.4) is 0 Å². The van der Waals surface area contributed by atoms with Gasteiger partial charge in [0.1, 0.15) is 0 Å². The minimum atomic E-state index is -3.94. The molecule has 0 spiro atoms. The van der Waals surface area contributed by atoms with Crippen molar-refractivity contribution in [2.75, 3.05) is 0 Å². The van der Waals surface area contributed by atoms with Gasteiger partial charge in [0.25, 0.3) is 0 Å². The Morgan fingerprint density at radius 3 is 0.538 bits per heavy atom. The van der Waals surface area contributed by atoms with Crippen LogP contribution in [0.25, 0.3) is 0 Å². The predicted molar refractivity (Wildman–Crippen MR) is 4.12 cm³/mol. The molecule has 0 unspecified atom stereocenters. The van der Waals surface area contributed by atoms with Crippen LogP contribution in [0, 0.1) is 40.8 Å². The van der Waals surface area contributed by atoms with E-state index in [9.17, 15) is 0 Å². The van der Waals surface area contributed by atoms with E-state index in [-0.39, 0.29) is 40.8 Å². The molecule has 9 nitrogen and oxygen atoms in total. The Hall–Kier alpha value is 1.78. The zero-order valence-electron chi connectivity index (χ0n) is 5.52. The number of hydrogen-bond donors (Lipinski definition) is 0. The van der Waals surface area contributed by atoms with Crippen LogP contribution >= 0.6 is 0 Å². The molecular formula is NdO9V3. The van der Waals surface area contributed by atoms with Crippen LogP contribution in [0.5, 0.6) is 0 Å². The first kappa shape index (κ1) is 24.2. The van der Waals surface area contributed by atoms with Gasteiger partial charge in [-0.05, 0) is 0 Å². The van der Waals surface area contributed by atoms with Crippen molar-refractivity contribution in [3.63, 3.8) is 0 Å². The maximum absolute atomic E-state index is 8.56. The average Bonchev–Trinajstić information content (AvgIpc) is 1.54. The van der Waals surface area contributed by atoms with Crippen molar-refractivity contribution in [2.24, 2.45) is 0 Å².